The first-order valence-corrected chi connectivity index (χ1v) is 2.79. The van der Waals surface area contributed by atoms with Gasteiger partial charge in [0.2, 0.25) is 5.29 Å². The Kier molecular flexibility index (Phi) is 3.69. The summed E-state index contributed by atoms with van der Waals surface area (Å²) in [6, 6.07) is 0. The van der Waals surface area contributed by atoms with Crippen molar-refractivity contribution in [1.82, 2.24) is 0 Å². The minimum atomic E-state index is -1.51. The molecule has 0 N–H and O–H groups in total. The lowest BCUT2D eigenvalue weighted by atomic mass is 10.7. The van der Waals surface area contributed by atoms with Crippen LogP contribution in [0.5, 0.6) is 0 Å². The Morgan fingerprint density at radius 2 is 1.62 bits per heavy atom. The lowest BCUT2D eigenvalue weighted by Gasteiger charge is -1.91. The molecule has 0 spiro atoms. The van der Waals surface area contributed by atoms with Gasteiger partial charge < -0.3 is 0 Å². The van der Waals surface area contributed by atoms with Crippen LogP contribution in [0, 0.1) is 0 Å². The summed E-state index contributed by atoms with van der Waals surface area (Å²) in [6.45, 7) is 0. The Hall–Kier alpha value is 0.470. The molecule has 0 aromatic carbocycles. The zero-order valence-corrected chi connectivity index (χ0v) is 5.73. The van der Waals surface area contributed by atoms with Crippen LogP contribution >= 0.6 is 34.8 Å². The maximum Gasteiger partial charge on any atom is 0.223 e. The Bertz CT molecular complexity index is 105. The number of halogens is 5. The van der Waals surface area contributed by atoms with E-state index >= 15 is 0 Å². The number of allylic oxidation sites excluding steroid dienone is 1. The van der Waals surface area contributed by atoms with Gasteiger partial charge in [-0.1, -0.05) is 23.2 Å². The van der Waals surface area contributed by atoms with E-state index in [1.54, 1.807) is 0 Å². The van der Waals surface area contributed by atoms with Crippen LogP contribution < -0.4 is 0 Å². The summed E-state index contributed by atoms with van der Waals surface area (Å²) in [5, 5.41) is -1.50. The fourth-order valence-electron chi connectivity index (χ4n) is 0.0825. The lowest BCUT2D eigenvalue weighted by molar-refractivity contribution is 0.566. The molecule has 0 aliphatic rings. The monoisotopic (exact) mass is 180 g/mol. The summed E-state index contributed by atoms with van der Waals surface area (Å²) < 4.78 is 23.2. The maximum absolute atomic E-state index is 11.8. The third-order valence-electron chi connectivity index (χ3n) is 0.372. The van der Waals surface area contributed by atoms with Gasteiger partial charge in [0.15, 0.2) is 10.7 Å². The fourth-order valence-corrected chi connectivity index (χ4v) is 0.495. The second kappa shape index (κ2) is 3.49. The summed E-state index contributed by atoms with van der Waals surface area (Å²) >= 11 is 14.2. The molecule has 0 atom stereocenters. The summed E-state index contributed by atoms with van der Waals surface area (Å²) in [5.74, 6) is -1.35. The molecule has 0 radical (unpaired) electrons. The number of hydrogen-bond donors (Lipinski definition) is 0. The Labute approximate surface area is 60.0 Å². The van der Waals surface area contributed by atoms with Crippen molar-refractivity contribution in [2.24, 2.45) is 0 Å². The second-order valence-corrected chi connectivity index (χ2v) is 2.34. The first-order valence-electron chi connectivity index (χ1n) is 1.54. The van der Waals surface area contributed by atoms with Gasteiger partial charge in [0, 0.05) is 0 Å². The standard InChI is InChI=1S/C3HCl3F2/c4-2(5)1(7)3(6)8/h2H. The smallest absolute Gasteiger partial charge is 0.205 e. The predicted octanol–water partition coefficient (Wildman–Crippen LogP) is 3.14. The molecular weight excluding hydrogens is 180 g/mol. The molecule has 0 rings (SSSR count). The van der Waals surface area contributed by atoms with Crippen molar-refractivity contribution in [2.45, 2.75) is 4.84 Å². The van der Waals surface area contributed by atoms with Crippen molar-refractivity contribution in [3.05, 3.63) is 11.1 Å². The van der Waals surface area contributed by atoms with Gasteiger partial charge in [-0.2, -0.15) is 4.39 Å². The molecule has 0 aliphatic carbocycles. The zero-order chi connectivity index (χ0) is 6.73. The normalized spacial score (nSPS) is 14.2. The van der Waals surface area contributed by atoms with Gasteiger partial charge in [0.05, 0.1) is 0 Å². The van der Waals surface area contributed by atoms with E-state index in [1.807, 2.05) is 0 Å². The van der Waals surface area contributed by atoms with Crippen molar-refractivity contribution >= 4 is 34.8 Å². The number of hydrogen-bond acceptors (Lipinski definition) is 0. The molecule has 0 nitrogen and oxygen atoms in total. The van der Waals surface area contributed by atoms with Crippen LogP contribution in [0.4, 0.5) is 8.78 Å². The second-order valence-electron chi connectivity index (χ2n) is 0.909. The van der Waals surface area contributed by atoms with Crippen LogP contribution in [0.25, 0.3) is 0 Å². The Morgan fingerprint density at radius 1 is 1.25 bits per heavy atom. The highest BCUT2D eigenvalue weighted by Gasteiger charge is 2.10. The molecule has 0 unspecified atom stereocenters. The lowest BCUT2D eigenvalue weighted by Crippen LogP contribution is -1.86. The van der Waals surface area contributed by atoms with Crippen LogP contribution in [0.2, 0.25) is 0 Å². The predicted molar refractivity (Wildman–Crippen MR) is 30.6 cm³/mol. The van der Waals surface area contributed by atoms with Crippen molar-refractivity contribution in [3.8, 4) is 0 Å². The fraction of sp³-hybridized carbons (Fsp3) is 0.333. The van der Waals surface area contributed by atoms with Crippen molar-refractivity contribution in [3.63, 3.8) is 0 Å². The van der Waals surface area contributed by atoms with Gasteiger partial charge in [-0.05, 0) is 11.6 Å². The van der Waals surface area contributed by atoms with Crippen molar-refractivity contribution < 1.29 is 8.78 Å². The zero-order valence-electron chi connectivity index (χ0n) is 3.47. The molecule has 48 valence electrons. The molecule has 0 amide bonds. The van der Waals surface area contributed by atoms with Crippen molar-refractivity contribution in [1.29, 1.82) is 0 Å². The van der Waals surface area contributed by atoms with Gasteiger partial charge >= 0.3 is 0 Å². The van der Waals surface area contributed by atoms with E-state index in [-0.39, 0.29) is 0 Å². The maximum atomic E-state index is 11.8. The average Bonchev–Trinajstić information content (AvgIpc) is 1.64. The molecule has 0 aliphatic heterocycles. The van der Waals surface area contributed by atoms with E-state index in [0.717, 1.165) is 0 Å². The number of rotatable bonds is 1. The molecule has 8 heavy (non-hydrogen) atoms. The molecule has 0 saturated carbocycles. The first-order chi connectivity index (χ1) is 3.55. The van der Waals surface area contributed by atoms with Gasteiger partial charge in [-0.3, -0.25) is 0 Å². The summed E-state index contributed by atoms with van der Waals surface area (Å²) in [5.41, 5.74) is 0. The van der Waals surface area contributed by atoms with Crippen molar-refractivity contribution in [2.75, 3.05) is 0 Å². The minimum absolute atomic E-state index is 1.35. The summed E-state index contributed by atoms with van der Waals surface area (Å²) in [6.07, 6.45) is 0. The average molecular weight is 181 g/mol. The highest BCUT2D eigenvalue weighted by Crippen LogP contribution is 2.22. The molecule has 0 bridgehead atoms. The largest absolute Gasteiger partial charge is 0.223 e. The third-order valence-corrected chi connectivity index (χ3v) is 0.936. The third kappa shape index (κ3) is 2.70. The number of alkyl halides is 2. The first kappa shape index (κ1) is 8.47. The Morgan fingerprint density at radius 3 is 1.62 bits per heavy atom. The van der Waals surface area contributed by atoms with Crippen LogP contribution in [0.15, 0.2) is 11.1 Å². The van der Waals surface area contributed by atoms with Crippen LogP contribution in [0.1, 0.15) is 0 Å². The molecule has 0 aromatic rings. The Balaban J connectivity index is 4.00. The van der Waals surface area contributed by atoms with E-state index in [9.17, 15) is 8.78 Å². The SMILES string of the molecule is FC(Cl)=C(F)C(Cl)Cl. The highest BCUT2D eigenvalue weighted by atomic mass is 35.5. The summed E-state index contributed by atoms with van der Waals surface area (Å²) in [4.78, 5) is -1.51. The van der Waals surface area contributed by atoms with Gasteiger partial charge in [0.1, 0.15) is 0 Å². The molecule has 5 heteroatoms. The molecular formula is C3HCl3F2. The molecule has 0 saturated heterocycles. The highest BCUT2D eigenvalue weighted by molar-refractivity contribution is 6.46. The van der Waals surface area contributed by atoms with Crippen LogP contribution in [-0.2, 0) is 0 Å². The van der Waals surface area contributed by atoms with Crippen LogP contribution in [-0.4, -0.2) is 4.84 Å². The van der Waals surface area contributed by atoms with Gasteiger partial charge in [-0.25, -0.2) is 4.39 Å². The van der Waals surface area contributed by atoms with Gasteiger partial charge in [0.25, 0.3) is 0 Å². The van der Waals surface area contributed by atoms with E-state index < -0.39 is 15.9 Å². The quantitative estimate of drug-likeness (QED) is 0.545. The minimum Gasteiger partial charge on any atom is -0.205 e. The van der Waals surface area contributed by atoms with Crippen LogP contribution in [0.3, 0.4) is 0 Å². The topological polar surface area (TPSA) is 0 Å². The van der Waals surface area contributed by atoms with E-state index in [0.29, 0.717) is 0 Å². The van der Waals surface area contributed by atoms with E-state index in [4.69, 9.17) is 23.2 Å². The van der Waals surface area contributed by atoms with E-state index in [2.05, 4.69) is 11.6 Å². The molecule has 0 aromatic heterocycles. The molecule has 0 fully saturated rings. The molecule has 0 heterocycles. The summed E-state index contributed by atoms with van der Waals surface area (Å²) in [7, 11) is 0. The van der Waals surface area contributed by atoms with Gasteiger partial charge in [-0.15, -0.1) is 0 Å². The van der Waals surface area contributed by atoms with E-state index in [1.165, 1.54) is 0 Å².